The highest BCUT2D eigenvalue weighted by Gasteiger charge is 2.48. The van der Waals surface area contributed by atoms with Crippen LogP contribution in [0.1, 0.15) is 26.7 Å². The van der Waals surface area contributed by atoms with E-state index >= 15 is 0 Å². The number of anilines is 2. The summed E-state index contributed by atoms with van der Waals surface area (Å²) >= 11 is 0. The molecule has 0 aliphatic carbocycles. The number of nitrogens with zero attached hydrogens (tertiary/aromatic N) is 1. The number of piperidine rings is 1. The summed E-state index contributed by atoms with van der Waals surface area (Å²) < 4.78 is 86.6. The van der Waals surface area contributed by atoms with Gasteiger partial charge in [0, 0.05) is 31.4 Å². The van der Waals surface area contributed by atoms with Crippen LogP contribution >= 0.6 is 0 Å². The first-order valence-corrected chi connectivity index (χ1v) is 11.2. The predicted octanol–water partition coefficient (Wildman–Crippen LogP) is 2.41. The Morgan fingerprint density at radius 3 is 2.32 bits per heavy atom. The highest BCUT2D eigenvalue weighted by atomic mass is 32.2. The van der Waals surface area contributed by atoms with Crippen molar-refractivity contribution in [3.05, 3.63) is 24.1 Å². The van der Waals surface area contributed by atoms with Crippen molar-refractivity contribution in [2.24, 2.45) is 0 Å². The average Bonchev–Trinajstić information content (AvgIpc) is 2.56. The fourth-order valence-electron chi connectivity index (χ4n) is 3.07. The monoisotopic (exact) mass is 442 g/mol. The van der Waals surface area contributed by atoms with Crippen LogP contribution in [0.25, 0.3) is 0 Å². The molecule has 0 atom stereocenters. The molecule has 0 bridgehead atoms. The summed E-state index contributed by atoms with van der Waals surface area (Å²) in [5.41, 5.74) is -5.95. The number of alkyl halides is 3. The summed E-state index contributed by atoms with van der Waals surface area (Å²) in [4.78, 5) is 1.22. The number of hydrogen-bond acceptors (Lipinski definition) is 6. The van der Waals surface area contributed by atoms with E-state index in [4.69, 9.17) is 0 Å². The fraction of sp³-hybridized carbons (Fsp3) is 0.562. The Bertz CT molecular complexity index is 854. The number of hydrogen-bond donors (Lipinski definition) is 3. The normalized spacial score (nSPS) is 17.2. The number of sulfone groups is 1. The van der Waals surface area contributed by atoms with Gasteiger partial charge in [-0.2, -0.15) is 13.2 Å². The van der Waals surface area contributed by atoms with Gasteiger partial charge in [-0.3, -0.25) is 4.72 Å². The van der Waals surface area contributed by atoms with Crippen LogP contribution in [0, 0.1) is 5.92 Å². The molecule has 1 aliphatic rings. The summed E-state index contributed by atoms with van der Waals surface area (Å²) in [6.45, 7) is 6.35. The predicted molar refractivity (Wildman–Crippen MR) is 101 cm³/mol. The SMILES string of the molecule is C[C](C)CN1CCC(Nc2ccc(N[SH](=O)=O)cc2S(=O)(=O)C(F)(F)F)CC1. The summed E-state index contributed by atoms with van der Waals surface area (Å²) in [7, 11) is -8.80. The van der Waals surface area contributed by atoms with Crippen LogP contribution < -0.4 is 10.0 Å². The van der Waals surface area contributed by atoms with Crippen molar-refractivity contribution in [3.8, 4) is 0 Å². The lowest BCUT2D eigenvalue weighted by molar-refractivity contribution is -0.0435. The van der Waals surface area contributed by atoms with E-state index in [1.807, 2.05) is 18.6 Å². The summed E-state index contributed by atoms with van der Waals surface area (Å²) in [6.07, 6.45) is 1.29. The molecule has 2 rings (SSSR count). The lowest BCUT2D eigenvalue weighted by Crippen LogP contribution is -2.40. The van der Waals surface area contributed by atoms with Crippen molar-refractivity contribution in [2.75, 3.05) is 29.7 Å². The van der Waals surface area contributed by atoms with Crippen molar-refractivity contribution in [1.29, 1.82) is 0 Å². The van der Waals surface area contributed by atoms with E-state index in [-0.39, 0.29) is 17.4 Å². The Hall–Kier alpha value is -1.53. The molecule has 1 aromatic rings. The van der Waals surface area contributed by atoms with Crippen LogP contribution in [0.4, 0.5) is 24.5 Å². The van der Waals surface area contributed by atoms with Crippen molar-refractivity contribution in [2.45, 2.75) is 43.1 Å². The van der Waals surface area contributed by atoms with Gasteiger partial charge in [-0.1, -0.05) is 13.8 Å². The van der Waals surface area contributed by atoms with Gasteiger partial charge in [-0.25, -0.2) is 16.8 Å². The smallest absolute Gasteiger partial charge is 0.381 e. The third-order valence-electron chi connectivity index (χ3n) is 4.28. The topological polar surface area (TPSA) is 95.6 Å². The number of halogens is 3. The van der Waals surface area contributed by atoms with Gasteiger partial charge in [0.25, 0.3) is 9.84 Å². The van der Waals surface area contributed by atoms with Gasteiger partial charge < -0.3 is 10.2 Å². The van der Waals surface area contributed by atoms with E-state index < -0.39 is 31.1 Å². The summed E-state index contributed by atoms with van der Waals surface area (Å²) in [5.74, 6) is 1.25. The molecule has 1 aromatic carbocycles. The molecule has 0 aromatic heterocycles. The third kappa shape index (κ3) is 5.74. The lowest BCUT2D eigenvalue weighted by Gasteiger charge is -2.34. The first kappa shape index (κ1) is 22.8. The van der Waals surface area contributed by atoms with E-state index in [0.29, 0.717) is 18.9 Å². The number of likely N-dealkylation sites (tertiary alicyclic amines) is 1. The molecular weight excluding hydrogens is 419 g/mol. The fourth-order valence-corrected chi connectivity index (χ4v) is 4.36. The summed E-state index contributed by atoms with van der Waals surface area (Å²) in [6, 6.07) is 2.86. The molecule has 0 spiro atoms. The zero-order valence-corrected chi connectivity index (χ0v) is 17.1. The van der Waals surface area contributed by atoms with Crippen molar-refractivity contribution in [3.63, 3.8) is 0 Å². The highest BCUT2D eigenvalue weighted by Crippen LogP contribution is 2.36. The molecule has 12 heteroatoms. The maximum absolute atomic E-state index is 13.1. The van der Waals surface area contributed by atoms with Crippen molar-refractivity contribution in [1.82, 2.24) is 4.90 Å². The van der Waals surface area contributed by atoms with Crippen LogP contribution in [0.5, 0.6) is 0 Å². The van der Waals surface area contributed by atoms with Crippen molar-refractivity contribution >= 4 is 32.1 Å². The first-order chi connectivity index (χ1) is 12.9. The molecule has 159 valence electrons. The Labute approximate surface area is 164 Å². The minimum atomic E-state index is -5.66. The molecular formula is C16H23F3N3O4S2. The number of thiol groups is 1. The van der Waals surface area contributed by atoms with Gasteiger partial charge in [0.1, 0.15) is 4.90 Å². The number of rotatable bonds is 7. The van der Waals surface area contributed by atoms with E-state index in [1.54, 1.807) is 0 Å². The molecule has 1 fully saturated rings. The molecule has 1 heterocycles. The minimum absolute atomic E-state index is 0.189. The standard InChI is InChI=1S/C16H23F3N3O4S2/c1-11(2)10-22-7-5-12(6-8-22)20-14-4-3-13(21-27(23)24)9-15(14)28(25,26)16(17,18)19/h3-4,9,12,20,27H,5-8,10H2,1-2H3,(H,21,23,24). The molecule has 2 N–H and O–H groups in total. The van der Waals surface area contributed by atoms with E-state index in [2.05, 4.69) is 10.2 Å². The van der Waals surface area contributed by atoms with Gasteiger partial charge in [0.05, 0.1) is 5.69 Å². The first-order valence-electron chi connectivity index (χ1n) is 8.54. The molecule has 0 unspecified atom stereocenters. The largest absolute Gasteiger partial charge is 0.501 e. The van der Waals surface area contributed by atoms with Gasteiger partial charge in [-0.05, 0) is 37.0 Å². The van der Waals surface area contributed by atoms with Crippen LogP contribution in [-0.2, 0) is 20.7 Å². The van der Waals surface area contributed by atoms with Crippen LogP contribution in [0.2, 0.25) is 0 Å². The molecule has 1 saturated heterocycles. The molecule has 1 aliphatic heterocycles. The van der Waals surface area contributed by atoms with Crippen LogP contribution in [0.3, 0.4) is 0 Å². The number of nitrogens with one attached hydrogen (secondary N) is 2. The van der Waals surface area contributed by atoms with E-state index in [0.717, 1.165) is 25.7 Å². The van der Waals surface area contributed by atoms with Crippen LogP contribution in [0.15, 0.2) is 23.1 Å². The molecule has 0 saturated carbocycles. The molecule has 28 heavy (non-hydrogen) atoms. The molecule has 1 radical (unpaired) electrons. The Morgan fingerprint density at radius 2 is 1.82 bits per heavy atom. The third-order valence-corrected chi connectivity index (χ3v) is 6.25. The van der Waals surface area contributed by atoms with Gasteiger partial charge in [-0.15, -0.1) is 0 Å². The minimum Gasteiger partial charge on any atom is -0.381 e. The quantitative estimate of drug-likeness (QED) is 0.562. The maximum atomic E-state index is 13.1. The van der Waals surface area contributed by atoms with Gasteiger partial charge in [0.2, 0.25) is 10.9 Å². The van der Waals surface area contributed by atoms with E-state index in [9.17, 15) is 30.0 Å². The second kappa shape index (κ2) is 8.87. The molecule has 0 amide bonds. The van der Waals surface area contributed by atoms with E-state index in [1.165, 1.54) is 12.0 Å². The maximum Gasteiger partial charge on any atom is 0.501 e. The Kier molecular flexibility index (Phi) is 7.21. The van der Waals surface area contributed by atoms with Crippen LogP contribution in [-0.4, -0.2) is 52.9 Å². The zero-order chi connectivity index (χ0) is 21.1. The molecule has 7 nitrogen and oxygen atoms in total. The second-order valence-electron chi connectivity index (χ2n) is 6.93. The van der Waals surface area contributed by atoms with Gasteiger partial charge in [0.15, 0.2) is 0 Å². The zero-order valence-electron chi connectivity index (χ0n) is 15.4. The second-order valence-corrected chi connectivity index (χ2v) is 9.58. The average molecular weight is 443 g/mol. The summed E-state index contributed by atoms with van der Waals surface area (Å²) in [5, 5.41) is 2.89. The number of benzene rings is 1. The van der Waals surface area contributed by atoms with Crippen molar-refractivity contribution < 1.29 is 30.0 Å². The highest BCUT2D eigenvalue weighted by molar-refractivity contribution is 7.92. The lowest BCUT2D eigenvalue weighted by atomic mass is 10.0. The Morgan fingerprint density at radius 1 is 1.21 bits per heavy atom. The Balaban J connectivity index is 2.26. The van der Waals surface area contributed by atoms with Gasteiger partial charge >= 0.3 is 5.51 Å².